The Balaban J connectivity index is 1.92. The molecule has 0 aliphatic carbocycles. The predicted octanol–water partition coefficient (Wildman–Crippen LogP) is 4.70. The number of rotatable bonds is 5. The maximum atomic E-state index is 6.03. The molecular formula is C17H19NOS. The normalized spacial score (nSPS) is 12.9. The first-order valence-corrected chi connectivity index (χ1v) is 7.95. The van der Waals surface area contributed by atoms with E-state index in [1.54, 1.807) is 11.3 Å². The van der Waals surface area contributed by atoms with E-state index >= 15 is 0 Å². The van der Waals surface area contributed by atoms with Crippen molar-refractivity contribution in [1.82, 2.24) is 5.32 Å². The highest BCUT2D eigenvalue weighted by Gasteiger charge is 2.16. The van der Waals surface area contributed by atoms with E-state index in [0.717, 1.165) is 24.3 Å². The van der Waals surface area contributed by atoms with Gasteiger partial charge in [-0.25, -0.2) is 0 Å². The van der Waals surface area contributed by atoms with Gasteiger partial charge in [0.05, 0.1) is 6.04 Å². The molecule has 0 saturated carbocycles. The lowest BCUT2D eigenvalue weighted by Gasteiger charge is -2.14. The van der Waals surface area contributed by atoms with E-state index in [1.807, 2.05) is 0 Å². The van der Waals surface area contributed by atoms with Gasteiger partial charge in [0.25, 0.3) is 0 Å². The van der Waals surface area contributed by atoms with E-state index in [-0.39, 0.29) is 6.04 Å². The van der Waals surface area contributed by atoms with Gasteiger partial charge in [-0.2, -0.15) is 11.3 Å². The quantitative estimate of drug-likeness (QED) is 0.735. The number of thiophene rings is 1. The van der Waals surface area contributed by atoms with Crippen LogP contribution in [0.1, 0.15) is 29.9 Å². The van der Waals surface area contributed by atoms with Crippen LogP contribution in [-0.2, 0) is 6.42 Å². The molecule has 0 amide bonds. The first kappa shape index (κ1) is 13.4. The lowest BCUT2D eigenvalue weighted by molar-refractivity contribution is 0.435. The largest absolute Gasteiger partial charge is 0.459 e. The fourth-order valence-corrected chi connectivity index (χ4v) is 3.20. The van der Waals surface area contributed by atoms with Gasteiger partial charge in [-0.1, -0.05) is 18.6 Å². The van der Waals surface area contributed by atoms with Crippen molar-refractivity contribution in [3.8, 4) is 0 Å². The Hall–Kier alpha value is -1.58. The fourth-order valence-electron chi connectivity index (χ4n) is 2.52. The van der Waals surface area contributed by atoms with E-state index in [0.29, 0.717) is 0 Å². The average molecular weight is 285 g/mol. The third-order valence-corrected chi connectivity index (χ3v) is 4.24. The molecule has 0 spiro atoms. The second kappa shape index (κ2) is 5.81. The summed E-state index contributed by atoms with van der Waals surface area (Å²) in [4.78, 5) is 0. The lowest BCUT2D eigenvalue weighted by Crippen LogP contribution is -2.22. The minimum absolute atomic E-state index is 0.238. The molecule has 104 valence electrons. The molecule has 0 radical (unpaired) electrons. The summed E-state index contributed by atoms with van der Waals surface area (Å²) in [6.45, 7) is 5.18. The maximum absolute atomic E-state index is 6.03. The summed E-state index contributed by atoms with van der Waals surface area (Å²) in [6, 6.07) is 10.9. The Morgan fingerprint density at radius 1 is 1.25 bits per heavy atom. The summed E-state index contributed by atoms with van der Waals surface area (Å²) in [6.07, 6.45) is 0.968. The van der Waals surface area contributed by atoms with Gasteiger partial charge >= 0.3 is 0 Å². The number of hydrogen-bond acceptors (Lipinski definition) is 3. The van der Waals surface area contributed by atoms with Crippen molar-refractivity contribution in [3.05, 3.63) is 58.0 Å². The SMILES string of the molecule is CCNC(Cc1ccsc1)c1cc2cc(C)ccc2o1. The van der Waals surface area contributed by atoms with Crippen LogP contribution in [-0.4, -0.2) is 6.54 Å². The Bertz CT molecular complexity index is 684. The Kier molecular flexibility index (Phi) is 3.90. The molecule has 1 unspecified atom stereocenters. The molecule has 1 N–H and O–H groups in total. The number of nitrogens with one attached hydrogen (secondary N) is 1. The Morgan fingerprint density at radius 2 is 2.15 bits per heavy atom. The maximum Gasteiger partial charge on any atom is 0.134 e. The van der Waals surface area contributed by atoms with E-state index in [2.05, 4.69) is 60.3 Å². The van der Waals surface area contributed by atoms with Gasteiger partial charge in [0.2, 0.25) is 0 Å². The molecule has 0 saturated heterocycles. The zero-order valence-corrected chi connectivity index (χ0v) is 12.7. The highest BCUT2D eigenvalue weighted by Crippen LogP contribution is 2.27. The summed E-state index contributed by atoms with van der Waals surface area (Å²) in [7, 11) is 0. The minimum atomic E-state index is 0.238. The molecule has 2 heterocycles. The van der Waals surface area contributed by atoms with Gasteiger partial charge < -0.3 is 9.73 Å². The second-order valence-corrected chi connectivity index (χ2v) is 5.92. The third-order valence-electron chi connectivity index (χ3n) is 3.50. The van der Waals surface area contributed by atoms with E-state index in [1.165, 1.54) is 16.5 Å². The molecule has 0 bridgehead atoms. The molecule has 3 aromatic rings. The molecule has 2 nitrogen and oxygen atoms in total. The van der Waals surface area contributed by atoms with Crippen molar-refractivity contribution in [2.45, 2.75) is 26.3 Å². The molecule has 2 aromatic heterocycles. The van der Waals surface area contributed by atoms with Crippen molar-refractivity contribution >= 4 is 22.3 Å². The molecule has 3 rings (SSSR count). The Labute approximate surface area is 123 Å². The van der Waals surface area contributed by atoms with Crippen LogP contribution in [0.4, 0.5) is 0 Å². The molecular weight excluding hydrogens is 266 g/mol. The average Bonchev–Trinajstić information content (AvgIpc) is 3.06. The van der Waals surface area contributed by atoms with Crippen molar-refractivity contribution in [1.29, 1.82) is 0 Å². The molecule has 0 aliphatic heterocycles. The zero-order valence-electron chi connectivity index (χ0n) is 11.8. The fraction of sp³-hybridized carbons (Fsp3) is 0.294. The number of benzene rings is 1. The van der Waals surface area contributed by atoms with E-state index in [9.17, 15) is 0 Å². The number of hydrogen-bond donors (Lipinski definition) is 1. The van der Waals surface area contributed by atoms with Gasteiger partial charge in [0.1, 0.15) is 11.3 Å². The van der Waals surface area contributed by atoms with Crippen molar-refractivity contribution < 1.29 is 4.42 Å². The van der Waals surface area contributed by atoms with Crippen molar-refractivity contribution in [2.75, 3.05) is 6.54 Å². The van der Waals surface area contributed by atoms with Crippen LogP contribution >= 0.6 is 11.3 Å². The van der Waals surface area contributed by atoms with E-state index in [4.69, 9.17) is 4.42 Å². The van der Waals surface area contributed by atoms with Gasteiger partial charge in [-0.3, -0.25) is 0 Å². The van der Waals surface area contributed by atoms with Crippen LogP contribution < -0.4 is 5.32 Å². The van der Waals surface area contributed by atoms with Gasteiger partial charge in [-0.15, -0.1) is 0 Å². The number of fused-ring (bicyclic) bond motifs is 1. The van der Waals surface area contributed by atoms with Crippen molar-refractivity contribution in [2.24, 2.45) is 0 Å². The first-order chi connectivity index (χ1) is 9.76. The minimum Gasteiger partial charge on any atom is -0.459 e. The van der Waals surface area contributed by atoms with Crippen LogP contribution in [0.5, 0.6) is 0 Å². The monoisotopic (exact) mass is 285 g/mol. The molecule has 20 heavy (non-hydrogen) atoms. The van der Waals surface area contributed by atoms with Gasteiger partial charge in [-0.05, 0) is 60.5 Å². The standard InChI is InChI=1S/C17H19NOS/c1-3-18-15(9-13-6-7-20-11-13)17-10-14-8-12(2)4-5-16(14)19-17/h4-8,10-11,15,18H,3,9H2,1-2H3. The number of furan rings is 1. The van der Waals surface area contributed by atoms with Crippen LogP contribution in [0, 0.1) is 6.92 Å². The summed E-state index contributed by atoms with van der Waals surface area (Å²) in [5.74, 6) is 1.03. The smallest absolute Gasteiger partial charge is 0.134 e. The second-order valence-electron chi connectivity index (χ2n) is 5.14. The third kappa shape index (κ3) is 2.79. The predicted molar refractivity (Wildman–Crippen MR) is 85.4 cm³/mol. The summed E-state index contributed by atoms with van der Waals surface area (Å²) in [5.41, 5.74) is 3.60. The molecule has 0 aliphatic rings. The molecule has 3 heteroatoms. The highest BCUT2D eigenvalue weighted by atomic mass is 32.1. The lowest BCUT2D eigenvalue weighted by atomic mass is 10.1. The van der Waals surface area contributed by atoms with Crippen LogP contribution in [0.3, 0.4) is 0 Å². The molecule has 1 aromatic carbocycles. The zero-order chi connectivity index (χ0) is 13.9. The van der Waals surface area contributed by atoms with Crippen molar-refractivity contribution in [3.63, 3.8) is 0 Å². The van der Waals surface area contributed by atoms with Crippen LogP contribution in [0.2, 0.25) is 0 Å². The van der Waals surface area contributed by atoms with Crippen LogP contribution in [0.25, 0.3) is 11.0 Å². The Morgan fingerprint density at radius 3 is 2.90 bits per heavy atom. The van der Waals surface area contributed by atoms with E-state index < -0.39 is 0 Å². The first-order valence-electron chi connectivity index (χ1n) is 7.01. The van der Waals surface area contributed by atoms with Gasteiger partial charge in [0.15, 0.2) is 0 Å². The summed E-state index contributed by atoms with van der Waals surface area (Å²) in [5, 5.41) is 9.04. The van der Waals surface area contributed by atoms with Gasteiger partial charge in [0, 0.05) is 5.39 Å². The summed E-state index contributed by atoms with van der Waals surface area (Å²) < 4.78 is 6.03. The summed E-state index contributed by atoms with van der Waals surface area (Å²) >= 11 is 1.74. The number of likely N-dealkylation sites (N-methyl/N-ethyl adjacent to an activating group) is 1. The highest BCUT2D eigenvalue weighted by molar-refractivity contribution is 7.07. The van der Waals surface area contributed by atoms with Crippen LogP contribution in [0.15, 0.2) is 45.5 Å². The topological polar surface area (TPSA) is 25.2 Å². The molecule has 1 atom stereocenters. The number of aryl methyl sites for hydroxylation is 1. The molecule has 0 fully saturated rings.